The highest BCUT2D eigenvalue weighted by Gasteiger charge is 2.14. The molecule has 0 radical (unpaired) electrons. The molecule has 0 aliphatic carbocycles. The maximum atomic E-state index is 6.33. The van der Waals surface area contributed by atoms with E-state index in [1.807, 2.05) is 54.4 Å². The molecule has 0 atom stereocenters. The summed E-state index contributed by atoms with van der Waals surface area (Å²) in [6.45, 7) is 4.16. The second kappa shape index (κ2) is 6.58. The summed E-state index contributed by atoms with van der Waals surface area (Å²) in [6.07, 6.45) is 1.53. The van der Waals surface area contributed by atoms with Gasteiger partial charge < -0.3 is 16.0 Å². The number of benzene rings is 2. The number of nitrogen functional groups attached to an aromatic ring is 1. The number of anilines is 5. The molecule has 0 spiro atoms. The van der Waals surface area contributed by atoms with Crippen LogP contribution in [0.3, 0.4) is 0 Å². The van der Waals surface area contributed by atoms with Crippen molar-refractivity contribution in [1.29, 1.82) is 0 Å². The topological polar surface area (TPSA) is 67.1 Å². The molecule has 0 fully saturated rings. The molecule has 3 aromatic rings. The lowest BCUT2D eigenvalue weighted by molar-refractivity contribution is 1.08. The first-order valence-corrected chi connectivity index (χ1v) is 7.80. The van der Waals surface area contributed by atoms with Gasteiger partial charge in [-0.15, -0.1) is 0 Å². The summed E-state index contributed by atoms with van der Waals surface area (Å²) < 4.78 is 0. The van der Waals surface area contributed by atoms with Gasteiger partial charge in [0.2, 0.25) is 0 Å². The fourth-order valence-corrected chi connectivity index (χ4v) is 2.54. The van der Waals surface area contributed by atoms with E-state index in [9.17, 15) is 0 Å². The first kappa shape index (κ1) is 15.8. The molecule has 0 aliphatic rings. The first-order valence-electron chi connectivity index (χ1n) is 7.80. The van der Waals surface area contributed by atoms with Crippen molar-refractivity contribution < 1.29 is 0 Å². The van der Waals surface area contributed by atoms with E-state index in [1.165, 1.54) is 17.5 Å². The van der Waals surface area contributed by atoms with Gasteiger partial charge in [0.15, 0.2) is 11.6 Å². The summed E-state index contributed by atoms with van der Waals surface area (Å²) in [7, 11) is 1.94. The van der Waals surface area contributed by atoms with Gasteiger partial charge in [-0.2, -0.15) is 0 Å². The van der Waals surface area contributed by atoms with Crippen LogP contribution in [0.15, 0.2) is 54.9 Å². The van der Waals surface area contributed by atoms with Gasteiger partial charge in [-0.25, -0.2) is 9.97 Å². The van der Waals surface area contributed by atoms with Crippen molar-refractivity contribution in [2.45, 2.75) is 13.8 Å². The summed E-state index contributed by atoms with van der Waals surface area (Å²) in [6, 6.07) is 16.1. The Morgan fingerprint density at radius 2 is 1.71 bits per heavy atom. The Morgan fingerprint density at radius 3 is 2.46 bits per heavy atom. The second-order valence-electron chi connectivity index (χ2n) is 5.73. The normalized spacial score (nSPS) is 10.5. The average molecular weight is 319 g/mol. The third kappa shape index (κ3) is 3.01. The number of rotatable bonds is 4. The number of hydrogen-bond donors (Lipinski definition) is 2. The van der Waals surface area contributed by atoms with Gasteiger partial charge in [-0.3, -0.25) is 0 Å². The van der Waals surface area contributed by atoms with Crippen molar-refractivity contribution in [2.75, 3.05) is 23.0 Å². The van der Waals surface area contributed by atoms with E-state index >= 15 is 0 Å². The van der Waals surface area contributed by atoms with Gasteiger partial charge in [0.1, 0.15) is 12.0 Å². The van der Waals surface area contributed by atoms with Crippen LogP contribution in [0.1, 0.15) is 11.1 Å². The van der Waals surface area contributed by atoms with Crippen LogP contribution in [0.25, 0.3) is 0 Å². The zero-order valence-corrected chi connectivity index (χ0v) is 14.1. The fourth-order valence-electron chi connectivity index (χ4n) is 2.54. The minimum Gasteiger partial charge on any atom is -0.393 e. The molecule has 2 aromatic carbocycles. The van der Waals surface area contributed by atoms with Gasteiger partial charge in [-0.1, -0.05) is 30.3 Å². The van der Waals surface area contributed by atoms with Crippen LogP contribution in [0.4, 0.5) is 28.7 Å². The third-order valence-electron chi connectivity index (χ3n) is 4.18. The van der Waals surface area contributed by atoms with Gasteiger partial charge >= 0.3 is 0 Å². The Kier molecular flexibility index (Phi) is 4.33. The van der Waals surface area contributed by atoms with E-state index < -0.39 is 0 Å². The molecule has 5 heteroatoms. The molecule has 1 heterocycles. The van der Waals surface area contributed by atoms with Crippen LogP contribution in [-0.4, -0.2) is 17.0 Å². The van der Waals surface area contributed by atoms with Gasteiger partial charge in [-0.05, 0) is 43.2 Å². The lowest BCUT2D eigenvalue weighted by atomic mass is 10.1. The maximum Gasteiger partial charge on any atom is 0.161 e. The van der Waals surface area contributed by atoms with E-state index in [1.54, 1.807) is 0 Å². The molecule has 1 aromatic heterocycles. The summed E-state index contributed by atoms with van der Waals surface area (Å²) in [5, 5.41) is 3.33. The first-order chi connectivity index (χ1) is 11.6. The number of para-hydroxylation sites is 1. The Morgan fingerprint density at radius 1 is 0.958 bits per heavy atom. The minimum absolute atomic E-state index is 0.518. The van der Waals surface area contributed by atoms with E-state index in [0.29, 0.717) is 17.3 Å². The van der Waals surface area contributed by atoms with Crippen LogP contribution < -0.4 is 16.0 Å². The number of hydrogen-bond acceptors (Lipinski definition) is 5. The number of nitrogens with two attached hydrogens (primary N) is 1. The molecule has 0 aliphatic heterocycles. The minimum atomic E-state index is 0.518. The molecule has 0 amide bonds. The standard InChI is InChI=1S/C19H21N5/c1-13-8-7-11-16(14(13)2)23-18-17(20)19(22-12-21-18)24(3)15-9-5-4-6-10-15/h4-12H,20H2,1-3H3,(H,21,22,23). The smallest absolute Gasteiger partial charge is 0.161 e. The molecule has 0 unspecified atom stereocenters. The zero-order chi connectivity index (χ0) is 17.1. The van der Waals surface area contributed by atoms with Crippen LogP contribution in [0.5, 0.6) is 0 Å². The molecule has 5 nitrogen and oxygen atoms in total. The Balaban J connectivity index is 1.95. The molecule has 24 heavy (non-hydrogen) atoms. The molecule has 0 saturated heterocycles. The SMILES string of the molecule is Cc1cccc(Nc2ncnc(N(C)c3ccccc3)c2N)c1C. The van der Waals surface area contributed by atoms with E-state index in [-0.39, 0.29) is 0 Å². The van der Waals surface area contributed by atoms with Crippen LogP contribution >= 0.6 is 0 Å². The maximum absolute atomic E-state index is 6.33. The molecule has 122 valence electrons. The molecular formula is C19H21N5. The Labute approximate surface area is 142 Å². The highest BCUT2D eigenvalue weighted by Crippen LogP contribution is 2.32. The van der Waals surface area contributed by atoms with Crippen LogP contribution in [0, 0.1) is 13.8 Å². The van der Waals surface area contributed by atoms with E-state index in [4.69, 9.17) is 5.73 Å². The van der Waals surface area contributed by atoms with Crippen molar-refractivity contribution in [3.8, 4) is 0 Å². The lowest BCUT2D eigenvalue weighted by Crippen LogP contribution is -2.15. The predicted octanol–water partition coefficient (Wildman–Crippen LogP) is 4.19. The number of aryl methyl sites for hydroxylation is 1. The van der Waals surface area contributed by atoms with Gasteiger partial charge in [0.05, 0.1) is 0 Å². The third-order valence-corrected chi connectivity index (χ3v) is 4.18. The molecule has 3 rings (SSSR count). The highest BCUT2D eigenvalue weighted by molar-refractivity contribution is 5.81. The predicted molar refractivity (Wildman–Crippen MR) is 100 cm³/mol. The summed E-state index contributed by atoms with van der Waals surface area (Å²) >= 11 is 0. The molecule has 0 bridgehead atoms. The van der Waals surface area contributed by atoms with E-state index in [0.717, 1.165) is 11.4 Å². The Bertz CT molecular complexity index is 846. The summed E-state index contributed by atoms with van der Waals surface area (Å²) in [5.41, 5.74) is 11.2. The quantitative estimate of drug-likeness (QED) is 0.755. The zero-order valence-electron chi connectivity index (χ0n) is 14.1. The average Bonchev–Trinajstić information content (AvgIpc) is 2.61. The molecular weight excluding hydrogens is 298 g/mol. The van der Waals surface area contributed by atoms with Crippen LogP contribution in [-0.2, 0) is 0 Å². The largest absolute Gasteiger partial charge is 0.393 e. The van der Waals surface area contributed by atoms with Crippen LogP contribution in [0.2, 0.25) is 0 Å². The molecule has 3 N–H and O–H groups in total. The van der Waals surface area contributed by atoms with Crippen molar-refractivity contribution in [3.63, 3.8) is 0 Å². The number of aromatic nitrogens is 2. The number of nitrogens with one attached hydrogen (secondary N) is 1. The van der Waals surface area contributed by atoms with Crippen molar-refractivity contribution in [2.24, 2.45) is 0 Å². The van der Waals surface area contributed by atoms with Gasteiger partial charge in [0.25, 0.3) is 0 Å². The van der Waals surface area contributed by atoms with Crippen molar-refractivity contribution >= 4 is 28.7 Å². The van der Waals surface area contributed by atoms with Crippen molar-refractivity contribution in [3.05, 3.63) is 66.0 Å². The monoisotopic (exact) mass is 319 g/mol. The summed E-state index contributed by atoms with van der Waals surface area (Å²) in [4.78, 5) is 10.6. The number of nitrogens with zero attached hydrogens (tertiary/aromatic N) is 3. The van der Waals surface area contributed by atoms with Crippen molar-refractivity contribution in [1.82, 2.24) is 9.97 Å². The van der Waals surface area contributed by atoms with E-state index in [2.05, 4.69) is 35.2 Å². The molecule has 0 saturated carbocycles. The second-order valence-corrected chi connectivity index (χ2v) is 5.73. The summed E-state index contributed by atoms with van der Waals surface area (Å²) in [5.74, 6) is 1.28. The fraction of sp³-hybridized carbons (Fsp3) is 0.158. The van der Waals surface area contributed by atoms with Gasteiger partial charge in [0, 0.05) is 18.4 Å². The Hall–Kier alpha value is -3.08. The highest BCUT2D eigenvalue weighted by atomic mass is 15.2. The lowest BCUT2D eigenvalue weighted by Gasteiger charge is -2.21.